The van der Waals surface area contributed by atoms with Crippen LogP contribution >= 0.6 is 0 Å². The number of aliphatic hydroxyl groups excluding tert-OH is 1. The summed E-state index contributed by atoms with van der Waals surface area (Å²) in [5, 5.41) is 14.3. The molecule has 288 valence electrons. The van der Waals surface area contributed by atoms with Gasteiger partial charge in [-0.2, -0.15) is 0 Å². The maximum absolute atomic E-state index is 14.3. The van der Waals surface area contributed by atoms with Gasteiger partial charge in [-0.3, -0.25) is 9.69 Å². The second-order valence-electron chi connectivity index (χ2n) is 14.0. The Balaban J connectivity index is 1.09. The highest BCUT2D eigenvalue weighted by atomic mass is 19.2. The summed E-state index contributed by atoms with van der Waals surface area (Å²) in [7, 11) is 2.08. The topological polar surface area (TPSA) is 71.0 Å². The lowest BCUT2D eigenvalue weighted by Gasteiger charge is -2.39. The first-order valence-corrected chi connectivity index (χ1v) is 18.2. The second-order valence-corrected chi connectivity index (χ2v) is 14.0. The van der Waals surface area contributed by atoms with Crippen LogP contribution in [0.15, 0.2) is 115 Å². The van der Waals surface area contributed by atoms with Gasteiger partial charge in [0.15, 0.2) is 29.6 Å². The van der Waals surface area contributed by atoms with E-state index in [1.165, 1.54) is 16.3 Å². The molecule has 0 aromatic heterocycles. The number of nitrogens with one attached hydrogen (secondary N) is 1. The molecule has 6 aromatic carbocycles. The monoisotopic (exact) mass is 766 g/mol. The Labute approximate surface area is 321 Å². The Hall–Kier alpha value is -5.46. The quantitative estimate of drug-likeness (QED) is 0.0781. The van der Waals surface area contributed by atoms with Crippen LogP contribution in [0.5, 0.6) is 0 Å². The van der Waals surface area contributed by atoms with Crippen LogP contribution in [0.2, 0.25) is 0 Å². The molecule has 56 heavy (non-hydrogen) atoms. The van der Waals surface area contributed by atoms with E-state index < -0.39 is 46.8 Å². The van der Waals surface area contributed by atoms with Crippen molar-refractivity contribution in [3.63, 3.8) is 0 Å². The predicted octanol–water partition coefficient (Wildman–Crippen LogP) is 9.86. The number of carbonyl (C=O) groups excluding carboxylic acids is 1. The zero-order chi connectivity index (χ0) is 39.5. The van der Waals surface area contributed by atoms with Gasteiger partial charge >= 0.3 is 0 Å². The number of hydrogen-bond acceptors (Lipinski definition) is 5. The van der Waals surface area contributed by atoms with Crippen LogP contribution in [0, 0.1) is 29.1 Å². The van der Waals surface area contributed by atoms with Crippen molar-refractivity contribution in [3.8, 4) is 11.1 Å². The fourth-order valence-electron chi connectivity index (χ4n) is 7.08. The molecule has 1 aliphatic rings. The summed E-state index contributed by atoms with van der Waals surface area (Å²) in [6, 6.07) is 37.0. The number of halogens is 5. The highest BCUT2D eigenvalue weighted by molar-refractivity contribution is 5.95. The predicted molar refractivity (Wildman–Crippen MR) is 203 cm³/mol. The molecule has 1 aliphatic heterocycles. The normalized spacial score (nSPS) is 17.6. The first-order chi connectivity index (χ1) is 27.0. The molecule has 0 saturated carbocycles. The minimum Gasteiger partial charge on any atom is -0.392 e. The Kier molecular flexibility index (Phi) is 11.6. The summed E-state index contributed by atoms with van der Waals surface area (Å²) < 4.78 is 82.8. The van der Waals surface area contributed by atoms with Crippen molar-refractivity contribution in [2.75, 3.05) is 13.6 Å². The second kappa shape index (κ2) is 16.7. The lowest BCUT2D eigenvalue weighted by molar-refractivity contribution is -0.253. The van der Waals surface area contributed by atoms with Crippen LogP contribution < -0.4 is 5.32 Å². The number of likely N-dealkylation sites (N-methyl/N-ethyl adjacent to an activating group) is 1. The van der Waals surface area contributed by atoms with E-state index in [4.69, 9.17) is 9.47 Å². The molecule has 4 atom stereocenters. The van der Waals surface area contributed by atoms with Gasteiger partial charge in [0.05, 0.1) is 18.8 Å². The molecule has 2 N–H and O–H groups in total. The van der Waals surface area contributed by atoms with Gasteiger partial charge in [-0.25, -0.2) is 22.0 Å². The molecule has 0 bridgehead atoms. The SMILES string of the molecule is CC(c1ccc2ccccc2c1)N(C)CC1CC(c2ccc(CO)cc2)OC(c2ccc(-c3ccccc3CNC(=O)c3c(F)c(F)c(F)c(F)c3F)cc2)O1. The largest absolute Gasteiger partial charge is 0.392 e. The van der Waals surface area contributed by atoms with Crippen LogP contribution in [0.4, 0.5) is 22.0 Å². The van der Waals surface area contributed by atoms with Gasteiger partial charge < -0.3 is 19.9 Å². The first kappa shape index (κ1) is 38.8. The number of fused-ring (bicyclic) bond motifs is 1. The van der Waals surface area contributed by atoms with Crippen LogP contribution in [0.25, 0.3) is 21.9 Å². The van der Waals surface area contributed by atoms with Crippen LogP contribution in [0.3, 0.4) is 0 Å². The molecule has 1 amide bonds. The van der Waals surface area contributed by atoms with Crippen molar-refractivity contribution in [2.45, 2.75) is 51.0 Å². The van der Waals surface area contributed by atoms with Crippen molar-refractivity contribution >= 4 is 16.7 Å². The standard InChI is InChI=1S/C45H39F5N2O4/c1-26(32-20-15-28-7-3-4-8-33(28)21-32)52(2)24-35-22-37(30-13-11-27(25-53)12-14-30)56-45(55-35)31-18-16-29(17-19-31)36-10-6-5-9-34(36)23-51-44(54)38-39(46)41(48)43(50)42(49)40(38)47/h3-21,26,35,37,45,53H,22-25H2,1-2H3,(H,51,54). The van der Waals surface area contributed by atoms with Gasteiger partial charge in [0, 0.05) is 31.1 Å². The van der Waals surface area contributed by atoms with Gasteiger partial charge in [0.2, 0.25) is 5.82 Å². The molecular weight excluding hydrogens is 727 g/mol. The fraction of sp³-hybridized carbons (Fsp3) is 0.222. The Morgan fingerprint density at radius 3 is 2.09 bits per heavy atom. The number of amides is 1. The number of nitrogens with zero attached hydrogens (tertiary/aromatic N) is 1. The fourth-order valence-corrected chi connectivity index (χ4v) is 7.08. The van der Waals surface area contributed by atoms with E-state index in [1.807, 2.05) is 60.7 Å². The smallest absolute Gasteiger partial charge is 0.257 e. The average molecular weight is 767 g/mol. The van der Waals surface area contributed by atoms with E-state index in [2.05, 4.69) is 54.5 Å². The third kappa shape index (κ3) is 8.08. The number of rotatable bonds is 11. The molecule has 4 unspecified atom stereocenters. The van der Waals surface area contributed by atoms with Crippen LogP contribution in [-0.4, -0.2) is 35.6 Å². The number of aliphatic hydroxyl groups is 1. The highest BCUT2D eigenvalue weighted by Crippen LogP contribution is 2.39. The number of ether oxygens (including phenoxy) is 2. The van der Waals surface area contributed by atoms with Crippen molar-refractivity contribution < 1.29 is 41.3 Å². The van der Waals surface area contributed by atoms with E-state index >= 15 is 0 Å². The molecule has 6 aromatic rings. The molecular formula is C45H39F5N2O4. The summed E-state index contributed by atoms with van der Waals surface area (Å²) in [5.74, 6) is -12.6. The van der Waals surface area contributed by atoms with Gasteiger partial charge in [0.1, 0.15) is 5.56 Å². The number of hydrogen-bond donors (Lipinski definition) is 2. The molecule has 0 radical (unpaired) electrons. The van der Waals surface area contributed by atoms with E-state index in [0.717, 1.165) is 22.3 Å². The highest BCUT2D eigenvalue weighted by Gasteiger charge is 2.34. The summed E-state index contributed by atoms with van der Waals surface area (Å²) in [6.07, 6.45) is -0.611. The molecule has 1 saturated heterocycles. The van der Waals surface area contributed by atoms with Crippen LogP contribution in [0.1, 0.15) is 70.0 Å². The van der Waals surface area contributed by atoms with Gasteiger partial charge in [-0.05, 0) is 64.2 Å². The lowest BCUT2D eigenvalue weighted by Crippen LogP contribution is -2.38. The third-order valence-corrected chi connectivity index (χ3v) is 10.4. The van der Waals surface area contributed by atoms with E-state index in [9.17, 15) is 31.9 Å². The molecule has 1 fully saturated rings. The lowest BCUT2D eigenvalue weighted by atomic mass is 9.97. The summed E-state index contributed by atoms with van der Waals surface area (Å²) in [4.78, 5) is 14.9. The Morgan fingerprint density at radius 2 is 1.39 bits per heavy atom. The molecule has 7 rings (SSSR count). The van der Waals surface area contributed by atoms with Gasteiger partial charge in [-0.15, -0.1) is 0 Å². The van der Waals surface area contributed by atoms with E-state index in [-0.39, 0.29) is 31.4 Å². The minimum absolute atomic E-state index is 0.0647. The molecule has 6 nitrogen and oxygen atoms in total. The van der Waals surface area contributed by atoms with Crippen molar-refractivity contribution in [2.24, 2.45) is 0 Å². The van der Waals surface area contributed by atoms with Gasteiger partial charge in [0.25, 0.3) is 5.91 Å². The van der Waals surface area contributed by atoms with Crippen molar-refractivity contribution in [1.82, 2.24) is 10.2 Å². The molecule has 0 spiro atoms. The molecule has 11 heteroatoms. The molecule has 0 aliphatic carbocycles. The maximum atomic E-state index is 14.3. The third-order valence-electron chi connectivity index (χ3n) is 10.4. The zero-order valence-electron chi connectivity index (χ0n) is 30.6. The van der Waals surface area contributed by atoms with Gasteiger partial charge in [-0.1, -0.05) is 109 Å². The Morgan fingerprint density at radius 1 is 0.768 bits per heavy atom. The first-order valence-electron chi connectivity index (χ1n) is 18.2. The maximum Gasteiger partial charge on any atom is 0.257 e. The Bertz CT molecular complexity index is 2330. The van der Waals surface area contributed by atoms with Crippen molar-refractivity contribution in [3.05, 3.63) is 178 Å². The summed E-state index contributed by atoms with van der Waals surface area (Å²) in [6.45, 7) is 2.48. The number of benzene rings is 6. The average Bonchev–Trinajstić information content (AvgIpc) is 3.24. The zero-order valence-corrected chi connectivity index (χ0v) is 30.6. The number of carbonyl (C=O) groups is 1. The summed E-state index contributed by atoms with van der Waals surface area (Å²) >= 11 is 0. The minimum atomic E-state index is -2.34. The van der Waals surface area contributed by atoms with E-state index in [1.54, 1.807) is 24.3 Å². The molecule has 1 heterocycles. The van der Waals surface area contributed by atoms with Crippen LogP contribution in [-0.2, 0) is 22.6 Å². The summed E-state index contributed by atoms with van der Waals surface area (Å²) in [5.41, 5.74) is 4.11. The van der Waals surface area contributed by atoms with Crippen molar-refractivity contribution in [1.29, 1.82) is 0 Å². The van der Waals surface area contributed by atoms with E-state index in [0.29, 0.717) is 24.1 Å².